The molecule has 2 aromatic heterocycles. The normalized spacial score (nSPS) is 13.7. The highest BCUT2D eigenvalue weighted by atomic mass is 35.5. The number of imidazole rings is 1. The Hall–Kier alpha value is -2.77. The number of aromatic nitrogens is 4. The van der Waals surface area contributed by atoms with Crippen LogP contribution >= 0.6 is 11.6 Å². The lowest BCUT2D eigenvalue weighted by Crippen LogP contribution is -2.19. The number of halogens is 1. The highest BCUT2D eigenvalue weighted by molar-refractivity contribution is 6.33. The summed E-state index contributed by atoms with van der Waals surface area (Å²) in [5, 5.41) is 0.595. The van der Waals surface area contributed by atoms with Crippen LogP contribution in [0.4, 0.5) is 0 Å². The molecule has 0 fully saturated rings. The number of hydroxylamine groups is 1. The van der Waals surface area contributed by atoms with Crippen molar-refractivity contribution in [1.82, 2.24) is 25.4 Å². The minimum Gasteiger partial charge on any atom is -0.345 e. The fourth-order valence-electron chi connectivity index (χ4n) is 2.29. The van der Waals surface area contributed by atoms with Crippen molar-refractivity contribution in [2.45, 2.75) is 0 Å². The molecular weight excluding hydrogens is 316 g/mol. The molecule has 3 heterocycles. The van der Waals surface area contributed by atoms with E-state index in [2.05, 4.69) is 30.4 Å². The Morgan fingerprint density at radius 2 is 2.00 bits per heavy atom. The topological polar surface area (TPSA) is 88.1 Å². The molecule has 0 atom stereocenters. The summed E-state index contributed by atoms with van der Waals surface area (Å²) in [6.07, 6.45) is 4.93. The highest BCUT2D eigenvalue weighted by Gasteiger charge is 2.13. The van der Waals surface area contributed by atoms with E-state index < -0.39 is 0 Å². The van der Waals surface area contributed by atoms with E-state index >= 15 is 0 Å². The Kier molecular flexibility index (Phi) is 3.49. The van der Waals surface area contributed by atoms with E-state index in [1.165, 1.54) is 6.33 Å². The molecule has 0 amide bonds. The SMILES string of the molecule is Clc1cc(-c2cc(C3=NCON3)ncn2)ccc1-c1ncc[nH]1. The molecule has 0 saturated carbocycles. The van der Waals surface area contributed by atoms with E-state index in [-0.39, 0.29) is 6.73 Å². The van der Waals surface area contributed by atoms with Gasteiger partial charge >= 0.3 is 0 Å². The van der Waals surface area contributed by atoms with Gasteiger partial charge < -0.3 is 4.98 Å². The van der Waals surface area contributed by atoms with Gasteiger partial charge in [-0.2, -0.15) is 0 Å². The molecule has 114 valence electrons. The van der Waals surface area contributed by atoms with Crippen LogP contribution in [0.2, 0.25) is 5.02 Å². The Morgan fingerprint density at radius 1 is 1.09 bits per heavy atom. The summed E-state index contributed by atoms with van der Waals surface area (Å²) in [7, 11) is 0. The van der Waals surface area contributed by atoms with Crippen molar-refractivity contribution in [3.63, 3.8) is 0 Å². The number of aliphatic imine (C=N–C) groups is 1. The van der Waals surface area contributed by atoms with Gasteiger partial charge in [0.1, 0.15) is 17.8 Å². The monoisotopic (exact) mass is 326 g/mol. The zero-order chi connectivity index (χ0) is 15.6. The van der Waals surface area contributed by atoms with Gasteiger partial charge in [0.25, 0.3) is 0 Å². The van der Waals surface area contributed by atoms with Crippen LogP contribution < -0.4 is 5.48 Å². The Morgan fingerprint density at radius 3 is 2.74 bits per heavy atom. The summed E-state index contributed by atoms with van der Waals surface area (Å²) in [5.41, 5.74) is 5.85. The second-order valence-corrected chi connectivity index (χ2v) is 5.21. The average molecular weight is 327 g/mol. The lowest BCUT2D eigenvalue weighted by molar-refractivity contribution is 0.115. The van der Waals surface area contributed by atoms with E-state index in [4.69, 9.17) is 16.4 Å². The van der Waals surface area contributed by atoms with Gasteiger partial charge in [-0.25, -0.2) is 25.4 Å². The molecule has 0 saturated heterocycles. The van der Waals surface area contributed by atoms with Crippen molar-refractivity contribution in [1.29, 1.82) is 0 Å². The fourth-order valence-corrected chi connectivity index (χ4v) is 2.56. The number of benzene rings is 1. The molecule has 0 unspecified atom stereocenters. The number of nitrogens with one attached hydrogen (secondary N) is 2. The predicted molar refractivity (Wildman–Crippen MR) is 85.7 cm³/mol. The van der Waals surface area contributed by atoms with Crippen LogP contribution in [0, 0.1) is 0 Å². The van der Waals surface area contributed by atoms with Crippen molar-refractivity contribution in [2.24, 2.45) is 4.99 Å². The lowest BCUT2D eigenvalue weighted by Gasteiger charge is -2.06. The predicted octanol–water partition coefficient (Wildman–Crippen LogP) is 2.43. The lowest BCUT2D eigenvalue weighted by atomic mass is 10.1. The maximum atomic E-state index is 6.38. The van der Waals surface area contributed by atoms with Gasteiger partial charge in [-0.3, -0.25) is 4.84 Å². The smallest absolute Gasteiger partial charge is 0.173 e. The minimum atomic E-state index is 0.276. The first kappa shape index (κ1) is 13.9. The van der Waals surface area contributed by atoms with Crippen molar-refractivity contribution in [3.8, 4) is 22.6 Å². The molecule has 7 nitrogen and oxygen atoms in total. The van der Waals surface area contributed by atoms with E-state index in [1.807, 2.05) is 24.3 Å². The highest BCUT2D eigenvalue weighted by Crippen LogP contribution is 2.29. The molecule has 0 aliphatic carbocycles. The van der Waals surface area contributed by atoms with E-state index in [1.54, 1.807) is 12.4 Å². The van der Waals surface area contributed by atoms with Crippen molar-refractivity contribution in [3.05, 3.63) is 53.7 Å². The minimum absolute atomic E-state index is 0.276. The Balaban J connectivity index is 1.71. The third kappa shape index (κ3) is 2.67. The van der Waals surface area contributed by atoms with Gasteiger partial charge in [0.15, 0.2) is 12.6 Å². The quantitative estimate of drug-likeness (QED) is 0.771. The number of amidine groups is 1. The molecule has 2 N–H and O–H groups in total. The molecule has 1 aromatic carbocycles. The first-order valence-corrected chi connectivity index (χ1v) is 7.23. The van der Waals surface area contributed by atoms with Crippen LogP contribution in [-0.2, 0) is 4.84 Å². The summed E-state index contributed by atoms with van der Waals surface area (Å²) < 4.78 is 0. The Labute approximate surface area is 136 Å². The van der Waals surface area contributed by atoms with Crippen molar-refractivity contribution in [2.75, 3.05) is 6.73 Å². The zero-order valence-corrected chi connectivity index (χ0v) is 12.6. The van der Waals surface area contributed by atoms with Crippen LogP contribution in [0.15, 0.2) is 48.0 Å². The van der Waals surface area contributed by atoms with E-state index in [0.29, 0.717) is 16.6 Å². The van der Waals surface area contributed by atoms with Gasteiger partial charge in [-0.1, -0.05) is 17.7 Å². The summed E-state index contributed by atoms with van der Waals surface area (Å²) >= 11 is 6.38. The molecule has 23 heavy (non-hydrogen) atoms. The molecule has 4 rings (SSSR count). The summed E-state index contributed by atoms with van der Waals surface area (Å²) in [6, 6.07) is 7.54. The third-order valence-electron chi connectivity index (χ3n) is 3.38. The first-order valence-electron chi connectivity index (χ1n) is 6.85. The summed E-state index contributed by atoms with van der Waals surface area (Å²) in [6.45, 7) is 0.276. The number of hydrogen-bond donors (Lipinski definition) is 2. The maximum Gasteiger partial charge on any atom is 0.173 e. The molecule has 8 heteroatoms. The van der Waals surface area contributed by atoms with Gasteiger partial charge in [-0.05, 0) is 18.2 Å². The first-order chi connectivity index (χ1) is 11.3. The summed E-state index contributed by atoms with van der Waals surface area (Å²) in [4.78, 5) is 24.9. The van der Waals surface area contributed by atoms with Crippen molar-refractivity contribution >= 4 is 17.4 Å². The second kappa shape index (κ2) is 5.79. The van der Waals surface area contributed by atoms with Crippen LogP contribution in [-0.4, -0.2) is 32.5 Å². The van der Waals surface area contributed by atoms with Gasteiger partial charge in [-0.15, -0.1) is 0 Å². The van der Waals surface area contributed by atoms with Gasteiger partial charge in [0.05, 0.1) is 10.7 Å². The third-order valence-corrected chi connectivity index (χ3v) is 3.70. The molecule has 0 spiro atoms. The number of aromatic amines is 1. The summed E-state index contributed by atoms with van der Waals surface area (Å²) in [5.74, 6) is 1.32. The number of rotatable bonds is 3. The average Bonchev–Trinajstić information content (AvgIpc) is 3.28. The zero-order valence-electron chi connectivity index (χ0n) is 11.8. The number of H-pyrrole nitrogens is 1. The number of hydrogen-bond acceptors (Lipinski definition) is 6. The van der Waals surface area contributed by atoms with Gasteiger partial charge in [0, 0.05) is 23.5 Å². The van der Waals surface area contributed by atoms with Crippen LogP contribution in [0.1, 0.15) is 5.69 Å². The van der Waals surface area contributed by atoms with Gasteiger partial charge in [0.2, 0.25) is 0 Å². The number of nitrogens with zero attached hydrogens (tertiary/aromatic N) is 4. The maximum absolute atomic E-state index is 6.38. The largest absolute Gasteiger partial charge is 0.345 e. The molecule has 1 aliphatic heterocycles. The molecular formula is C15H11ClN6O. The molecule has 3 aromatic rings. The van der Waals surface area contributed by atoms with Crippen molar-refractivity contribution < 1.29 is 4.84 Å². The molecule has 0 bridgehead atoms. The molecule has 1 aliphatic rings. The van der Waals surface area contributed by atoms with Crippen LogP contribution in [0.5, 0.6) is 0 Å². The Bertz CT molecular complexity index is 877. The molecule has 0 radical (unpaired) electrons. The second-order valence-electron chi connectivity index (χ2n) is 4.80. The van der Waals surface area contributed by atoms with Crippen LogP contribution in [0.25, 0.3) is 22.6 Å². The van der Waals surface area contributed by atoms with E-state index in [0.717, 1.165) is 22.6 Å². The fraction of sp³-hybridized carbons (Fsp3) is 0.0667. The van der Waals surface area contributed by atoms with Crippen LogP contribution in [0.3, 0.4) is 0 Å². The van der Waals surface area contributed by atoms with E-state index in [9.17, 15) is 0 Å². The standard InChI is InChI=1S/C15H11ClN6O/c16-11-5-9(1-2-10(11)14-17-3-4-18-14)12-6-13(20-7-19-12)15-21-8-23-22-15/h1-7H,8H2,(H,17,18)(H,21,22).